The quantitative estimate of drug-likeness (QED) is 0.273. The van der Waals surface area contributed by atoms with E-state index in [0.29, 0.717) is 48.2 Å². The first-order chi connectivity index (χ1) is 18.5. The lowest BCUT2D eigenvalue weighted by atomic mass is 10.1. The maximum atomic E-state index is 13.5. The average molecular weight is 516 g/mol. The van der Waals surface area contributed by atoms with E-state index in [2.05, 4.69) is 15.7 Å². The second-order valence-corrected chi connectivity index (χ2v) is 8.53. The number of anilines is 2. The highest BCUT2D eigenvalue weighted by atomic mass is 19.1. The topological polar surface area (TPSA) is 88.5 Å². The lowest BCUT2D eigenvalue weighted by molar-refractivity contribution is -0.116. The van der Waals surface area contributed by atoms with Crippen LogP contribution in [0.3, 0.4) is 0 Å². The molecule has 38 heavy (non-hydrogen) atoms. The molecule has 3 amide bonds. The van der Waals surface area contributed by atoms with E-state index in [1.165, 1.54) is 17.0 Å². The molecule has 0 aliphatic carbocycles. The average Bonchev–Trinajstić information content (AvgIpc) is 3.34. The Hall–Kier alpha value is -4.66. The number of benzene rings is 3. The molecule has 0 spiro atoms. The molecule has 3 aromatic carbocycles. The van der Waals surface area contributed by atoms with Crippen LogP contribution in [-0.4, -0.2) is 46.3 Å². The first-order valence-corrected chi connectivity index (χ1v) is 12.5. The Kier molecular flexibility index (Phi) is 8.71. The maximum Gasteiger partial charge on any atom is 0.322 e. The fraction of sp³-hybridized carbons (Fsp3) is 0.207. The Morgan fingerprint density at radius 2 is 1.66 bits per heavy atom. The number of urea groups is 1. The van der Waals surface area contributed by atoms with Crippen LogP contribution in [-0.2, 0) is 4.79 Å². The number of carbonyl (C=O) groups excluding carboxylic acids is 2. The molecule has 2 N–H and O–H groups in total. The number of nitrogens with one attached hydrogen (secondary N) is 2. The molecule has 8 nitrogen and oxygen atoms in total. The lowest BCUT2D eigenvalue weighted by Crippen LogP contribution is -2.41. The van der Waals surface area contributed by atoms with Crippen molar-refractivity contribution in [2.45, 2.75) is 20.3 Å². The van der Waals surface area contributed by atoms with E-state index in [-0.39, 0.29) is 24.3 Å². The molecular weight excluding hydrogens is 485 g/mol. The summed E-state index contributed by atoms with van der Waals surface area (Å²) in [7, 11) is 0. The van der Waals surface area contributed by atoms with Gasteiger partial charge in [0.1, 0.15) is 23.9 Å². The van der Waals surface area contributed by atoms with Gasteiger partial charge in [-0.15, -0.1) is 0 Å². The zero-order chi connectivity index (χ0) is 26.9. The predicted molar refractivity (Wildman–Crippen MR) is 146 cm³/mol. The molecule has 4 aromatic rings. The summed E-state index contributed by atoms with van der Waals surface area (Å²) in [6.07, 6.45) is 0.676. The molecule has 4 rings (SSSR count). The van der Waals surface area contributed by atoms with Crippen LogP contribution in [0.2, 0.25) is 0 Å². The zero-order valence-electron chi connectivity index (χ0n) is 21.4. The summed E-state index contributed by atoms with van der Waals surface area (Å²) in [5, 5.41) is 10.3. The van der Waals surface area contributed by atoms with Crippen molar-refractivity contribution in [1.82, 2.24) is 14.7 Å². The van der Waals surface area contributed by atoms with Gasteiger partial charge in [0.2, 0.25) is 5.91 Å². The van der Waals surface area contributed by atoms with E-state index in [4.69, 9.17) is 4.74 Å². The first kappa shape index (κ1) is 26.4. The number of hydrogen-bond acceptors (Lipinski definition) is 4. The minimum Gasteiger partial charge on any atom is -0.494 e. The van der Waals surface area contributed by atoms with Gasteiger partial charge in [0, 0.05) is 23.9 Å². The van der Waals surface area contributed by atoms with Crippen molar-refractivity contribution in [2.75, 3.05) is 30.3 Å². The van der Waals surface area contributed by atoms with E-state index < -0.39 is 0 Å². The number of aromatic nitrogens is 2. The fourth-order valence-corrected chi connectivity index (χ4v) is 3.88. The second-order valence-electron chi connectivity index (χ2n) is 8.53. The van der Waals surface area contributed by atoms with E-state index in [0.717, 1.165) is 5.56 Å². The number of amides is 3. The Morgan fingerprint density at radius 1 is 0.947 bits per heavy atom. The summed E-state index contributed by atoms with van der Waals surface area (Å²) in [4.78, 5) is 27.5. The number of nitrogens with zero attached hydrogens (tertiary/aromatic N) is 3. The number of hydrogen-bond donors (Lipinski definition) is 2. The highest BCUT2D eigenvalue weighted by molar-refractivity contribution is 5.97. The highest BCUT2D eigenvalue weighted by Gasteiger charge is 2.19. The fourth-order valence-electron chi connectivity index (χ4n) is 3.88. The number of rotatable bonds is 10. The Bertz CT molecular complexity index is 1360. The molecule has 0 atom stereocenters. The van der Waals surface area contributed by atoms with Crippen LogP contribution >= 0.6 is 0 Å². The molecule has 0 bridgehead atoms. The molecule has 0 aliphatic heterocycles. The summed E-state index contributed by atoms with van der Waals surface area (Å²) >= 11 is 0. The van der Waals surface area contributed by atoms with Crippen molar-refractivity contribution in [3.63, 3.8) is 0 Å². The van der Waals surface area contributed by atoms with Gasteiger partial charge in [-0.3, -0.25) is 4.79 Å². The molecular formula is C29H30FN5O3. The minimum absolute atomic E-state index is 0.161. The van der Waals surface area contributed by atoms with Crippen molar-refractivity contribution in [1.29, 1.82) is 0 Å². The predicted octanol–water partition coefficient (Wildman–Crippen LogP) is 5.96. The molecule has 1 heterocycles. The number of ether oxygens (including phenoxy) is 1. The summed E-state index contributed by atoms with van der Waals surface area (Å²) in [6, 6.07) is 23.8. The van der Waals surface area contributed by atoms with Gasteiger partial charge in [0.15, 0.2) is 0 Å². The highest BCUT2D eigenvalue weighted by Crippen LogP contribution is 2.25. The Balaban J connectivity index is 1.51. The van der Waals surface area contributed by atoms with E-state index in [1.54, 1.807) is 47.1 Å². The van der Waals surface area contributed by atoms with Crippen molar-refractivity contribution in [3.8, 4) is 22.7 Å². The molecule has 0 saturated heterocycles. The summed E-state index contributed by atoms with van der Waals surface area (Å²) in [5.74, 6) is 0.360. The summed E-state index contributed by atoms with van der Waals surface area (Å²) in [6.45, 7) is 4.62. The SMILES string of the molecule is CCCN(CC(=O)Nc1cc(-c2ccccc2)nn1-c1ccc(F)cc1)C(=O)Nc1ccc(OCC)cc1. The van der Waals surface area contributed by atoms with E-state index in [1.807, 2.05) is 44.2 Å². The van der Waals surface area contributed by atoms with Gasteiger partial charge in [0.05, 0.1) is 18.0 Å². The van der Waals surface area contributed by atoms with E-state index in [9.17, 15) is 14.0 Å². The van der Waals surface area contributed by atoms with Gasteiger partial charge in [-0.25, -0.2) is 13.9 Å². The summed E-state index contributed by atoms with van der Waals surface area (Å²) in [5.41, 5.74) is 2.69. The third-order valence-electron chi connectivity index (χ3n) is 5.65. The third kappa shape index (κ3) is 6.76. The molecule has 0 aliphatic rings. The van der Waals surface area contributed by atoms with Gasteiger partial charge in [-0.1, -0.05) is 37.3 Å². The molecule has 1 aromatic heterocycles. The van der Waals surface area contributed by atoms with E-state index >= 15 is 0 Å². The molecule has 9 heteroatoms. The molecule has 0 unspecified atom stereocenters. The number of halogens is 1. The van der Waals surface area contributed by atoms with Gasteiger partial charge in [-0.05, 0) is 61.9 Å². The van der Waals surface area contributed by atoms with Crippen molar-refractivity contribution in [3.05, 3.63) is 90.7 Å². The van der Waals surface area contributed by atoms with Crippen LogP contribution in [0.15, 0.2) is 84.9 Å². The van der Waals surface area contributed by atoms with Crippen LogP contribution in [0.4, 0.5) is 20.7 Å². The Labute approximate surface area is 221 Å². The van der Waals surface area contributed by atoms with Gasteiger partial charge < -0.3 is 20.3 Å². The normalized spacial score (nSPS) is 10.6. The summed E-state index contributed by atoms with van der Waals surface area (Å²) < 4.78 is 20.5. The monoisotopic (exact) mass is 515 g/mol. The number of carbonyl (C=O) groups is 2. The molecule has 196 valence electrons. The van der Waals surface area contributed by atoms with Gasteiger partial charge >= 0.3 is 6.03 Å². The van der Waals surface area contributed by atoms with Crippen LogP contribution < -0.4 is 15.4 Å². The molecule has 0 radical (unpaired) electrons. The second kappa shape index (κ2) is 12.5. The van der Waals surface area contributed by atoms with Crippen LogP contribution in [0.5, 0.6) is 5.75 Å². The maximum absolute atomic E-state index is 13.5. The third-order valence-corrected chi connectivity index (χ3v) is 5.65. The van der Waals surface area contributed by atoms with Crippen molar-refractivity contribution in [2.24, 2.45) is 0 Å². The minimum atomic E-state index is -0.386. The van der Waals surface area contributed by atoms with Crippen LogP contribution in [0, 0.1) is 5.82 Å². The zero-order valence-corrected chi connectivity index (χ0v) is 21.4. The molecule has 0 fully saturated rings. The van der Waals surface area contributed by atoms with Crippen molar-refractivity contribution >= 4 is 23.4 Å². The first-order valence-electron chi connectivity index (χ1n) is 12.5. The standard InChI is InChI=1S/C29H30FN5O3/c1-3-18-34(29(37)31-23-12-16-25(17-13-23)38-4-2)20-28(36)32-27-19-26(21-8-6-5-7-9-21)33-35(27)24-14-10-22(30)11-15-24/h5-17,19H,3-4,18,20H2,1-2H3,(H,31,37)(H,32,36). The van der Waals surface area contributed by atoms with Crippen molar-refractivity contribution < 1.29 is 18.7 Å². The van der Waals surface area contributed by atoms with Gasteiger partial charge in [-0.2, -0.15) is 5.10 Å². The van der Waals surface area contributed by atoms with Crippen LogP contribution in [0.25, 0.3) is 16.9 Å². The van der Waals surface area contributed by atoms with Crippen LogP contribution in [0.1, 0.15) is 20.3 Å². The molecule has 0 saturated carbocycles. The smallest absolute Gasteiger partial charge is 0.322 e. The Morgan fingerprint density at radius 3 is 2.32 bits per heavy atom. The van der Waals surface area contributed by atoms with Gasteiger partial charge in [0.25, 0.3) is 0 Å². The lowest BCUT2D eigenvalue weighted by Gasteiger charge is -2.22. The largest absolute Gasteiger partial charge is 0.494 e.